The van der Waals surface area contributed by atoms with Crippen molar-refractivity contribution >= 4 is 21.6 Å². The van der Waals surface area contributed by atoms with Gasteiger partial charge in [-0.2, -0.15) is 0 Å². The normalized spacial score (nSPS) is 20.2. The summed E-state index contributed by atoms with van der Waals surface area (Å²) in [6.07, 6.45) is 1.05. The van der Waals surface area contributed by atoms with Crippen molar-refractivity contribution in [1.82, 2.24) is 9.80 Å². The fraction of sp³-hybridized carbons (Fsp3) is 0.409. The van der Waals surface area contributed by atoms with Crippen molar-refractivity contribution in [2.75, 3.05) is 37.5 Å². The first-order valence-corrected chi connectivity index (χ1v) is 11.6. The third-order valence-corrected chi connectivity index (χ3v) is 7.96. The van der Waals surface area contributed by atoms with Crippen LogP contribution in [0.5, 0.6) is 0 Å². The Kier molecular flexibility index (Phi) is 5.55. The number of aryl methyl sites for hydroxylation is 2. The van der Waals surface area contributed by atoms with E-state index in [1.54, 1.807) is 24.0 Å². The van der Waals surface area contributed by atoms with Crippen LogP contribution < -0.4 is 4.31 Å². The van der Waals surface area contributed by atoms with E-state index in [0.717, 1.165) is 24.7 Å². The quantitative estimate of drug-likeness (QED) is 0.749. The number of piperazine rings is 1. The number of anilines is 1. The highest BCUT2D eigenvalue weighted by molar-refractivity contribution is 7.93. The molecule has 0 radical (unpaired) electrons. The Morgan fingerprint density at radius 3 is 2.47 bits per heavy atom. The van der Waals surface area contributed by atoms with Gasteiger partial charge in [0.1, 0.15) is 11.9 Å². The highest BCUT2D eigenvalue weighted by atomic mass is 32.2. The summed E-state index contributed by atoms with van der Waals surface area (Å²) in [7, 11) is -2.05. The van der Waals surface area contributed by atoms with Gasteiger partial charge < -0.3 is 9.80 Å². The first kappa shape index (κ1) is 20.8. The third kappa shape index (κ3) is 3.70. The number of benzene rings is 2. The molecule has 0 bridgehead atoms. The van der Waals surface area contributed by atoms with Crippen molar-refractivity contribution in [2.24, 2.45) is 0 Å². The van der Waals surface area contributed by atoms with Crippen molar-refractivity contribution < 1.29 is 17.6 Å². The number of likely N-dealkylation sites (N-methyl/N-ethyl adjacent to an activating group) is 1. The second kappa shape index (κ2) is 8.00. The first-order valence-electron chi connectivity index (χ1n) is 10.1. The average molecular weight is 432 g/mol. The molecule has 30 heavy (non-hydrogen) atoms. The predicted octanol–water partition coefficient (Wildman–Crippen LogP) is 2.42. The van der Waals surface area contributed by atoms with Crippen molar-refractivity contribution in [3.63, 3.8) is 0 Å². The molecule has 0 aliphatic carbocycles. The fourth-order valence-corrected chi connectivity index (χ4v) is 6.17. The lowest BCUT2D eigenvalue weighted by Gasteiger charge is -2.41. The Hall–Kier alpha value is -2.45. The molecular formula is C22H26FN3O3S. The smallest absolute Gasteiger partial charge is 0.265 e. The van der Waals surface area contributed by atoms with Crippen molar-refractivity contribution in [2.45, 2.75) is 30.7 Å². The summed E-state index contributed by atoms with van der Waals surface area (Å²) in [6.45, 7) is 4.26. The first-order chi connectivity index (χ1) is 14.3. The number of hydrogen-bond donors (Lipinski definition) is 0. The number of para-hydroxylation sites is 1. The van der Waals surface area contributed by atoms with Crippen LogP contribution in [0.4, 0.5) is 10.1 Å². The van der Waals surface area contributed by atoms with Crippen LogP contribution in [0, 0.1) is 12.7 Å². The predicted molar refractivity (Wildman–Crippen MR) is 113 cm³/mol. The summed E-state index contributed by atoms with van der Waals surface area (Å²) < 4.78 is 42.4. The topological polar surface area (TPSA) is 60.9 Å². The maximum Gasteiger partial charge on any atom is 0.265 e. The second-order valence-electron chi connectivity index (χ2n) is 8.02. The minimum absolute atomic E-state index is 0.0248. The third-order valence-electron chi connectivity index (χ3n) is 5.97. The summed E-state index contributed by atoms with van der Waals surface area (Å²) in [5, 5.41) is 0. The monoisotopic (exact) mass is 431 g/mol. The maximum absolute atomic E-state index is 13.8. The van der Waals surface area contributed by atoms with Gasteiger partial charge in [0.15, 0.2) is 0 Å². The largest absolute Gasteiger partial charge is 0.338 e. The van der Waals surface area contributed by atoms with E-state index >= 15 is 0 Å². The Morgan fingerprint density at radius 2 is 1.77 bits per heavy atom. The summed E-state index contributed by atoms with van der Waals surface area (Å²) in [4.78, 5) is 17.4. The standard InChI is InChI=1S/C22H26FN3O3S/c1-16-15-18(23)8-10-21(16)30(28,29)26-19-6-4-3-5-17(19)7-9-20(26)22(27)25-13-11-24(2)12-14-25/h3-6,8,10,15,20H,7,9,11-14H2,1-2H3. The van der Waals surface area contributed by atoms with Crippen LogP contribution in [-0.2, 0) is 21.2 Å². The van der Waals surface area contributed by atoms with Crippen LogP contribution in [0.3, 0.4) is 0 Å². The Labute approximate surface area is 176 Å². The van der Waals surface area contributed by atoms with Crippen LogP contribution in [0.15, 0.2) is 47.4 Å². The van der Waals surface area contributed by atoms with E-state index in [1.165, 1.54) is 16.4 Å². The van der Waals surface area contributed by atoms with Crippen LogP contribution in [0.1, 0.15) is 17.5 Å². The molecule has 2 aliphatic heterocycles. The van der Waals surface area contributed by atoms with Crippen LogP contribution in [-0.4, -0.2) is 63.4 Å². The highest BCUT2D eigenvalue weighted by Gasteiger charge is 2.42. The molecule has 160 valence electrons. The van der Waals surface area contributed by atoms with Gasteiger partial charge in [-0.25, -0.2) is 12.8 Å². The van der Waals surface area contributed by atoms with E-state index < -0.39 is 21.9 Å². The molecule has 0 aromatic heterocycles. The molecule has 0 saturated carbocycles. The minimum atomic E-state index is -4.06. The number of carbonyl (C=O) groups excluding carboxylic acids is 1. The van der Waals surface area contributed by atoms with Crippen molar-refractivity contribution in [1.29, 1.82) is 0 Å². The van der Waals surface area contributed by atoms with Crippen molar-refractivity contribution in [3.05, 3.63) is 59.4 Å². The van der Waals surface area contributed by atoms with Crippen LogP contribution >= 0.6 is 0 Å². The van der Waals surface area contributed by atoms with Gasteiger partial charge >= 0.3 is 0 Å². The van der Waals surface area contributed by atoms with Crippen LogP contribution in [0.2, 0.25) is 0 Å². The van der Waals surface area contributed by atoms with Gasteiger partial charge in [-0.1, -0.05) is 18.2 Å². The Morgan fingerprint density at radius 1 is 1.07 bits per heavy atom. The summed E-state index contributed by atoms with van der Waals surface area (Å²) in [5.41, 5.74) is 1.74. The lowest BCUT2D eigenvalue weighted by Crippen LogP contribution is -2.56. The molecule has 6 nitrogen and oxygen atoms in total. The molecule has 4 rings (SSSR count). The molecule has 0 spiro atoms. The SMILES string of the molecule is Cc1cc(F)ccc1S(=O)(=O)N1c2ccccc2CCC1C(=O)N1CCN(C)CC1. The molecule has 2 aliphatic rings. The van der Waals surface area contributed by atoms with E-state index in [-0.39, 0.29) is 10.8 Å². The molecule has 2 aromatic carbocycles. The van der Waals surface area contributed by atoms with E-state index in [2.05, 4.69) is 4.90 Å². The Bertz CT molecular complexity index is 1070. The summed E-state index contributed by atoms with van der Waals surface area (Å²) >= 11 is 0. The number of nitrogens with zero attached hydrogens (tertiary/aromatic N) is 3. The van der Waals surface area contributed by atoms with Gasteiger partial charge in [0, 0.05) is 26.2 Å². The molecule has 2 heterocycles. The van der Waals surface area contributed by atoms with E-state index in [1.807, 2.05) is 19.2 Å². The minimum Gasteiger partial charge on any atom is -0.338 e. The fourth-order valence-electron chi connectivity index (χ4n) is 4.28. The van der Waals surface area contributed by atoms with Gasteiger partial charge in [0.05, 0.1) is 10.6 Å². The summed E-state index contributed by atoms with van der Waals surface area (Å²) in [6, 6.07) is 10.1. The lowest BCUT2D eigenvalue weighted by atomic mass is 9.97. The van der Waals surface area contributed by atoms with E-state index in [9.17, 15) is 17.6 Å². The Balaban J connectivity index is 1.78. The zero-order valence-corrected chi connectivity index (χ0v) is 18.0. The molecule has 2 aromatic rings. The van der Waals surface area contributed by atoms with Gasteiger partial charge in [-0.15, -0.1) is 0 Å². The molecule has 1 atom stereocenters. The number of carbonyl (C=O) groups is 1. The zero-order valence-electron chi connectivity index (χ0n) is 17.2. The number of amides is 1. The molecule has 1 saturated heterocycles. The number of rotatable bonds is 3. The summed E-state index contributed by atoms with van der Waals surface area (Å²) in [5.74, 6) is -0.656. The lowest BCUT2D eigenvalue weighted by molar-refractivity contribution is -0.134. The van der Waals surface area contributed by atoms with Crippen LogP contribution in [0.25, 0.3) is 0 Å². The van der Waals surface area contributed by atoms with Gasteiger partial charge in [0.2, 0.25) is 5.91 Å². The molecule has 0 N–H and O–H groups in total. The second-order valence-corrected chi connectivity index (χ2v) is 9.81. The molecule has 1 fully saturated rings. The van der Waals surface area contributed by atoms with Gasteiger partial charge in [0.25, 0.3) is 10.0 Å². The molecule has 1 amide bonds. The van der Waals surface area contributed by atoms with Crippen molar-refractivity contribution in [3.8, 4) is 0 Å². The number of hydrogen-bond acceptors (Lipinski definition) is 4. The number of fused-ring (bicyclic) bond motifs is 1. The average Bonchev–Trinajstić information content (AvgIpc) is 2.72. The molecule has 1 unspecified atom stereocenters. The van der Waals surface area contributed by atoms with E-state index in [4.69, 9.17) is 0 Å². The highest BCUT2D eigenvalue weighted by Crippen LogP contribution is 2.37. The van der Waals surface area contributed by atoms with E-state index in [0.29, 0.717) is 37.2 Å². The molecule has 8 heteroatoms. The van der Waals surface area contributed by atoms with Gasteiger partial charge in [-0.05, 0) is 62.2 Å². The number of halogens is 1. The zero-order chi connectivity index (χ0) is 21.5. The van der Waals surface area contributed by atoms with Gasteiger partial charge in [-0.3, -0.25) is 9.10 Å². The number of sulfonamides is 1. The molecular weight excluding hydrogens is 405 g/mol. The maximum atomic E-state index is 13.8.